The van der Waals surface area contributed by atoms with Gasteiger partial charge in [-0.3, -0.25) is 9.59 Å². The second kappa shape index (κ2) is 16.2. The molecule has 1 unspecified atom stereocenters. The van der Waals surface area contributed by atoms with Crippen LogP contribution in [0.5, 0.6) is 0 Å². The van der Waals surface area contributed by atoms with Gasteiger partial charge >= 0.3 is 0 Å². The molecule has 2 amide bonds. The maximum atomic E-state index is 13.5. The minimum atomic E-state index is -0.108. The molecule has 2 N–H and O–H groups in total. The Labute approximate surface area is 230 Å². The highest BCUT2D eigenvalue weighted by Crippen LogP contribution is 2.29. The smallest absolute Gasteiger partial charge is 0.253 e. The Morgan fingerprint density at radius 1 is 0.895 bits per heavy atom. The van der Waals surface area contributed by atoms with Gasteiger partial charge in [0.15, 0.2) is 0 Å². The summed E-state index contributed by atoms with van der Waals surface area (Å²) in [7, 11) is 0. The van der Waals surface area contributed by atoms with Crippen molar-refractivity contribution in [1.29, 1.82) is 0 Å². The van der Waals surface area contributed by atoms with E-state index in [0.29, 0.717) is 23.6 Å². The average Bonchev–Trinajstić information content (AvgIpc) is 2.93. The fourth-order valence-corrected chi connectivity index (χ4v) is 5.24. The molecule has 0 aliphatic carbocycles. The van der Waals surface area contributed by atoms with Crippen molar-refractivity contribution in [2.45, 2.75) is 104 Å². The second-order valence-electron chi connectivity index (χ2n) is 11.1. The van der Waals surface area contributed by atoms with E-state index in [1.807, 2.05) is 55.5 Å². The van der Waals surface area contributed by atoms with Crippen molar-refractivity contribution in [2.75, 3.05) is 23.3 Å². The van der Waals surface area contributed by atoms with Gasteiger partial charge in [-0.25, -0.2) is 0 Å². The fourth-order valence-electron chi connectivity index (χ4n) is 5.24. The summed E-state index contributed by atoms with van der Waals surface area (Å²) in [6.45, 7) is 8.43. The number of hydrogen-bond acceptors (Lipinski definition) is 3. The predicted molar refractivity (Wildman–Crippen MR) is 160 cm³/mol. The predicted octanol–water partition coefficient (Wildman–Crippen LogP) is 8.27. The summed E-state index contributed by atoms with van der Waals surface area (Å²) >= 11 is 0. The van der Waals surface area contributed by atoms with Gasteiger partial charge in [-0.2, -0.15) is 0 Å². The first-order chi connectivity index (χ1) is 18.5. The SMILES string of the molecule is CCCCCCCCCCCC(=O)Nc1ccc(N2CCC(C)CC2)c(C(=O)NC(C)c2ccccc2)c1. The van der Waals surface area contributed by atoms with Crippen LogP contribution in [-0.4, -0.2) is 24.9 Å². The van der Waals surface area contributed by atoms with Crippen LogP contribution in [0.15, 0.2) is 48.5 Å². The van der Waals surface area contributed by atoms with E-state index in [2.05, 4.69) is 29.4 Å². The van der Waals surface area contributed by atoms with Crippen LogP contribution in [-0.2, 0) is 4.79 Å². The van der Waals surface area contributed by atoms with Crippen LogP contribution in [0.1, 0.15) is 120 Å². The molecule has 1 atom stereocenters. The molecule has 38 heavy (non-hydrogen) atoms. The van der Waals surface area contributed by atoms with Crippen molar-refractivity contribution >= 4 is 23.2 Å². The molecule has 0 saturated carbocycles. The van der Waals surface area contributed by atoms with E-state index in [1.165, 1.54) is 44.9 Å². The van der Waals surface area contributed by atoms with E-state index in [-0.39, 0.29) is 17.9 Å². The zero-order chi connectivity index (χ0) is 27.2. The molecule has 1 heterocycles. The number of hydrogen-bond donors (Lipinski definition) is 2. The average molecular weight is 520 g/mol. The van der Waals surface area contributed by atoms with Crippen LogP contribution in [0.3, 0.4) is 0 Å². The van der Waals surface area contributed by atoms with Crippen LogP contribution in [0.2, 0.25) is 0 Å². The third-order valence-electron chi connectivity index (χ3n) is 7.80. The number of piperidine rings is 1. The molecule has 3 rings (SSSR count). The molecule has 1 aliphatic rings. The van der Waals surface area contributed by atoms with E-state index in [0.717, 1.165) is 50.0 Å². The van der Waals surface area contributed by atoms with E-state index in [4.69, 9.17) is 0 Å². The molecule has 1 saturated heterocycles. The summed E-state index contributed by atoms with van der Waals surface area (Å²) in [6.07, 6.45) is 13.9. The number of carbonyl (C=O) groups is 2. The Kier molecular flexibility index (Phi) is 12.7. The third kappa shape index (κ3) is 9.81. The van der Waals surface area contributed by atoms with Crippen molar-refractivity contribution in [2.24, 2.45) is 5.92 Å². The molecule has 1 aliphatic heterocycles. The molecule has 0 radical (unpaired) electrons. The normalized spacial score (nSPS) is 14.8. The zero-order valence-corrected chi connectivity index (χ0v) is 23.9. The van der Waals surface area contributed by atoms with E-state index >= 15 is 0 Å². The Balaban J connectivity index is 1.58. The highest BCUT2D eigenvalue weighted by atomic mass is 16.2. The first-order valence-corrected chi connectivity index (χ1v) is 15.0. The number of carbonyl (C=O) groups excluding carboxylic acids is 2. The maximum absolute atomic E-state index is 13.5. The monoisotopic (exact) mass is 519 g/mol. The molecule has 5 nitrogen and oxygen atoms in total. The topological polar surface area (TPSA) is 61.4 Å². The molecule has 2 aromatic carbocycles. The lowest BCUT2D eigenvalue weighted by Crippen LogP contribution is -2.35. The number of anilines is 2. The lowest BCUT2D eigenvalue weighted by molar-refractivity contribution is -0.116. The Hall–Kier alpha value is -2.82. The second-order valence-corrected chi connectivity index (χ2v) is 11.1. The summed E-state index contributed by atoms with van der Waals surface area (Å²) in [5, 5.41) is 6.22. The van der Waals surface area contributed by atoms with Gasteiger partial charge in [0.05, 0.1) is 11.6 Å². The molecule has 5 heteroatoms. The van der Waals surface area contributed by atoms with Crippen LogP contribution < -0.4 is 15.5 Å². The van der Waals surface area contributed by atoms with Gasteiger partial charge in [0.25, 0.3) is 5.91 Å². The summed E-state index contributed by atoms with van der Waals surface area (Å²) in [4.78, 5) is 28.5. The van der Waals surface area contributed by atoms with Crippen molar-refractivity contribution in [1.82, 2.24) is 5.32 Å². The number of nitrogens with zero attached hydrogens (tertiary/aromatic N) is 1. The Morgan fingerprint density at radius 2 is 1.53 bits per heavy atom. The van der Waals surface area contributed by atoms with Gasteiger partial charge in [-0.05, 0) is 55.9 Å². The molecule has 1 fully saturated rings. The standard InChI is InChI=1S/C33H49N3O2/c1-4-5-6-7-8-9-10-11-15-18-32(37)35-29-19-20-31(36-23-21-26(2)22-24-36)30(25-29)33(38)34-27(3)28-16-13-12-14-17-28/h12-14,16-17,19-20,25-27H,4-11,15,18,21-24H2,1-3H3,(H,34,38)(H,35,37). The van der Waals surface area contributed by atoms with E-state index in [9.17, 15) is 9.59 Å². The van der Waals surface area contributed by atoms with E-state index in [1.54, 1.807) is 0 Å². The van der Waals surface area contributed by atoms with Gasteiger partial charge in [0.2, 0.25) is 5.91 Å². The van der Waals surface area contributed by atoms with Gasteiger partial charge in [-0.1, -0.05) is 95.5 Å². The van der Waals surface area contributed by atoms with Crippen molar-refractivity contribution in [3.63, 3.8) is 0 Å². The molecule has 0 aromatic heterocycles. The summed E-state index contributed by atoms with van der Waals surface area (Å²) in [5.74, 6) is 0.628. The van der Waals surface area contributed by atoms with Crippen molar-refractivity contribution < 1.29 is 9.59 Å². The molecule has 0 bridgehead atoms. The van der Waals surface area contributed by atoms with Gasteiger partial charge in [-0.15, -0.1) is 0 Å². The van der Waals surface area contributed by atoms with Crippen LogP contribution in [0.4, 0.5) is 11.4 Å². The number of benzene rings is 2. The lowest BCUT2D eigenvalue weighted by atomic mass is 9.97. The van der Waals surface area contributed by atoms with E-state index < -0.39 is 0 Å². The fraction of sp³-hybridized carbons (Fsp3) is 0.576. The minimum absolute atomic E-state index is 0.0245. The third-order valence-corrected chi connectivity index (χ3v) is 7.80. The largest absolute Gasteiger partial charge is 0.371 e. The highest BCUT2D eigenvalue weighted by molar-refractivity contribution is 6.02. The first-order valence-electron chi connectivity index (χ1n) is 15.0. The van der Waals surface area contributed by atoms with Crippen LogP contribution >= 0.6 is 0 Å². The zero-order valence-electron chi connectivity index (χ0n) is 23.9. The van der Waals surface area contributed by atoms with Gasteiger partial charge in [0, 0.05) is 30.9 Å². The van der Waals surface area contributed by atoms with Gasteiger partial charge in [0.1, 0.15) is 0 Å². The Morgan fingerprint density at radius 3 is 2.18 bits per heavy atom. The maximum Gasteiger partial charge on any atom is 0.253 e. The molecule has 0 spiro atoms. The number of rotatable bonds is 15. The molecule has 208 valence electrons. The van der Waals surface area contributed by atoms with Crippen molar-refractivity contribution in [3.05, 3.63) is 59.7 Å². The van der Waals surface area contributed by atoms with Gasteiger partial charge < -0.3 is 15.5 Å². The molecule has 2 aromatic rings. The quantitative estimate of drug-likeness (QED) is 0.233. The molecular weight excluding hydrogens is 470 g/mol. The molecular formula is C33H49N3O2. The lowest BCUT2D eigenvalue weighted by Gasteiger charge is -2.33. The Bertz CT molecular complexity index is 983. The summed E-state index contributed by atoms with van der Waals surface area (Å²) < 4.78 is 0. The summed E-state index contributed by atoms with van der Waals surface area (Å²) in [6, 6.07) is 15.7. The number of amides is 2. The number of nitrogens with one attached hydrogen (secondary N) is 2. The van der Waals surface area contributed by atoms with Crippen LogP contribution in [0, 0.1) is 5.92 Å². The highest BCUT2D eigenvalue weighted by Gasteiger charge is 2.23. The summed E-state index contributed by atoms with van der Waals surface area (Å²) in [5.41, 5.74) is 3.34. The number of unbranched alkanes of at least 4 members (excludes halogenated alkanes) is 8. The minimum Gasteiger partial charge on any atom is -0.371 e. The van der Waals surface area contributed by atoms with Crippen molar-refractivity contribution in [3.8, 4) is 0 Å². The first kappa shape index (κ1) is 29.7. The van der Waals surface area contributed by atoms with Crippen LogP contribution in [0.25, 0.3) is 0 Å².